The molecule has 1 aromatic carbocycles. The van der Waals surface area contributed by atoms with Crippen LogP contribution in [0.1, 0.15) is 44.7 Å². The quantitative estimate of drug-likeness (QED) is 0.745. The summed E-state index contributed by atoms with van der Waals surface area (Å²) in [6.07, 6.45) is 3.56. The van der Waals surface area contributed by atoms with Crippen LogP contribution >= 0.6 is 22.6 Å². The van der Waals surface area contributed by atoms with E-state index in [0.717, 1.165) is 15.9 Å². The lowest BCUT2D eigenvalue weighted by Crippen LogP contribution is -2.17. The van der Waals surface area contributed by atoms with Gasteiger partial charge in [0.15, 0.2) is 0 Å². The largest absolute Gasteiger partial charge is 0.313 e. The molecule has 17 heavy (non-hydrogen) atoms. The summed E-state index contributed by atoms with van der Waals surface area (Å²) < 4.78 is 14.1. The molecule has 0 aliphatic carbocycles. The average Bonchev–Trinajstić information content (AvgIpc) is 2.25. The van der Waals surface area contributed by atoms with E-state index in [4.69, 9.17) is 0 Å². The summed E-state index contributed by atoms with van der Waals surface area (Å²) in [5, 5.41) is 3.33. The van der Waals surface area contributed by atoms with Crippen LogP contribution in [0.5, 0.6) is 0 Å². The molecule has 0 aliphatic heterocycles. The highest BCUT2D eigenvalue weighted by atomic mass is 127. The summed E-state index contributed by atoms with van der Waals surface area (Å²) in [6.45, 7) is 4.49. The Kier molecular flexibility index (Phi) is 6.41. The maximum Gasteiger partial charge on any atom is 0.124 e. The summed E-state index contributed by atoms with van der Waals surface area (Å²) >= 11 is 2.21. The molecule has 0 aromatic heterocycles. The number of hydrogen-bond donors (Lipinski definition) is 1. The van der Waals surface area contributed by atoms with Crippen LogP contribution in [-0.2, 0) is 0 Å². The highest BCUT2D eigenvalue weighted by molar-refractivity contribution is 14.1. The molecule has 0 spiro atoms. The van der Waals surface area contributed by atoms with Crippen LogP contribution in [0.3, 0.4) is 0 Å². The van der Waals surface area contributed by atoms with Crippen molar-refractivity contribution in [1.29, 1.82) is 0 Å². The van der Waals surface area contributed by atoms with Crippen molar-refractivity contribution in [2.24, 2.45) is 5.92 Å². The maximum atomic E-state index is 13.0. The van der Waals surface area contributed by atoms with Crippen LogP contribution in [0.15, 0.2) is 18.2 Å². The van der Waals surface area contributed by atoms with Crippen molar-refractivity contribution in [2.45, 2.75) is 39.2 Å². The third-order valence-electron chi connectivity index (χ3n) is 2.96. The van der Waals surface area contributed by atoms with Gasteiger partial charge in [-0.05, 0) is 59.7 Å². The van der Waals surface area contributed by atoms with E-state index < -0.39 is 0 Å². The average molecular weight is 349 g/mol. The lowest BCUT2D eigenvalue weighted by Gasteiger charge is -2.18. The molecule has 0 aliphatic rings. The van der Waals surface area contributed by atoms with Crippen molar-refractivity contribution >= 4 is 22.6 Å². The zero-order valence-electron chi connectivity index (χ0n) is 10.8. The monoisotopic (exact) mass is 349 g/mol. The van der Waals surface area contributed by atoms with Gasteiger partial charge in [-0.1, -0.05) is 32.8 Å². The van der Waals surface area contributed by atoms with Gasteiger partial charge in [-0.15, -0.1) is 0 Å². The fourth-order valence-corrected chi connectivity index (χ4v) is 2.82. The SMILES string of the molecule is CNC(CCCC(C)C)c1ccc(F)cc1I. The molecule has 0 radical (unpaired) electrons. The van der Waals surface area contributed by atoms with E-state index in [1.54, 1.807) is 12.1 Å². The molecule has 0 saturated heterocycles. The number of rotatable bonds is 6. The zero-order valence-corrected chi connectivity index (χ0v) is 12.9. The van der Waals surface area contributed by atoms with Gasteiger partial charge in [-0.25, -0.2) is 4.39 Å². The van der Waals surface area contributed by atoms with E-state index in [1.807, 2.05) is 13.1 Å². The normalized spacial score (nSPS) is 13.1. The maximum absolute atomic E-state index is 13.0. The van der Waals surface area contributed by atoms with Crippen molar-refractivity contribution in [3.8, 4) is 0 Å². The third kappa shape index (κ3) is 4.92. The van der Waals surface area contributed by atoms with Gasteiger partial charge in [-0.3, -0.25) is 0 Å². The van der Waals surface area contributed by atoms with Gasteiger partial charge in [0.1, 0.15) is 5.82 Å². The lowest BCUT2D eigenvalue weighted by atomic mass is 9.98. The van der Waals surface area contributed by atoms with Crippen LogP contribution in [0, 0.1) is 15.3 Å². The Morgan fingerprint density at radius 3 is 2.53 bits per heavy atom. The van der Waals surface area contributed by atoms with Gasteiger partial charge in [0.2, 0.25) is 0 Å². The van der Waals surface area contributed by atoms with E-state index >= 15 is 0 Å². The van der Waals surface area contributed by atoms with Gasteiger partial charge in [0, 0.05) is 9.61 Å². The predicted octanol–water partition coefficient (Wildman–Crippen LogP) is 4.52. The molecule has 96 valence electrons. The Bertz CT molecular complexity index is 352. The molecule has 1 nitrogen and oxygen atoms in total. The Morgan fingerprint density at radius 2 is 2.00 bits per heavy atom. The molecule has 1 N–H and O–H groups in total. The van der Waals surface area contributed by atoms with Gasteiger partial charge >= 0.3 is 0 Å². The molecule has 0 saturated carbocycles. The standard InChI is InChI=1S/C14H21FIN/c1-10(2)5-4-6-14(17-3)12-8-7-11(15)9-13(12)16/h7-10,14,17H,4-6H2,1-3H3. The first kappa shape index (κ1) is 14.9. The van der Waals surface area contributed by atoms with Crippen molar-refractivity contribution in [2.75, 3.05) is 7.05 Å². The van der Waals surface area contributed by atoms with Gasteiger partial charge < -0.3 is 5.32 Å². The van der Waals surface area contributed by atoms with Crippen LogP contribution in [-0.4, -0.2) is 7.05 Å². The minimum absolute atomic E-state index is 0.157. The molecule has 0 bridgehead atoms. The van der Waals surface area contributed by atoms with E-state index in [9.17, 15) is 4.39 Å². The molecule has 1 aromatic rings. The van der Waals surface area contributed by atoms with Gasteiger partial charge in [0.25, 0.3) is 0 Å². The molecule has 0 fully saturated rings. The Hall–Kier alpha value is -0.160. The molecule has 0 amide bonds. The van der Waals surface area contributed by atoms with Crippen LogP contribution in [0.4, 0.5) is 4.39 Å². The van der Waals surface area contributed by atoms with Crippen LogP contribution in [0.25, 0.3) is 0 Å². The van der Waals surface area contributed by atoms with Crippen molar-refractivity contribution in [3.63, 3.8) is 0 Å². The molecule has 0 heterocycles. The molecule has 1 unspecified atom stereocenters. The van der Waals surface area contributed by atoms with Crippen molar-refractivity contribution in [1.82, 2.24) is 5.32 Å². The van der Waals surface area contributed by atoms with E-state index in [1.165, 1.54) is 18.4 Å². The van der Waals surface area contributed by atoms with E-state index in [-0.39, 0.29) is 5.82 Å². The molecular formula is C14H21FIN. The number of hydrogen-bond acceptors (Lipinski definition) is 1. The molecule has 3 heteroatoms. The first-order valence-corrected chi connectivity index (χ1v) is 7.24. The summed E-state index contributed by atoms with van der Waals surface area (Å²) in [5.74, 6) is 0.593. The minimum Gasteiger partial charge on any atom is -0.313 e. The predicted molar refractivity (Wildman–Crippen MR) is 79.6 cm³/mol. The lowest BCUT2D eigenvalue weighted by molar-refractivity contribution is 0.469. The van der Waals surface area contributed by atoms with Crippen molar-refractivity contribution in [3.05, 3.63) is 33.1 Å². The summed E-state index contributed by atoms with van der Waals surface area (Å²) in [4.78, 5) is 0. The van der Waals surface area contributed by atoms with Crippen LogP contribution < -0.4 is 5.32 Å². The van der Waals surface area contributed by atoms with E-state index in [2.05, 4.69) is 41.8 Å². The highest BCUT2D eigenvalue weighted by Gasteiger charge is 2.12. The van der Waals surface area contributed by atoms with Crippen LogP contribution in [0.2, 0.25) is 0 Å². The Labute approximate surface area is 117 Å². The smallest absolute Gasteiger partial charge is 0.124 e. The summed E-state index contributed by atoms with van der Waals surface area (Å²) in [5.41, 5.74) is 1.21. The second kappa shape index (κ2) is 7.31. The summed E-state index contributed by atoms with van der Waals surface area (Å²) in [7, 11) is 1.97. The van der Waals surface area contributed by atoms with Gasteiger partial charge in [-0.2, -0.15) is 0 Å². The number of benzene rings is 1. The fraction of sp³-hybridized carbons (Fsp3) is 0.571. The Morgan fingerprint density at radius 1 is 1.29 bits per heavy atom. The fourth-order valence-electron chi connectivity index (χ4n) is 1.97. The first-order chi connectivity index (χ1) is 8.04. The third-order valence-corrected chi connectivity index (χ3v) is 3.89. The van der Waals surface area contributed by atoms with E-state index in [0.29, 0.717) is 6.04 Å². The molecule has 1 rings (SSSR count). The highest BCUT2D eigenvalue weighted by Crippen LogP contribution is 2.25. The molecular weight excluding hydrogens is 328 g/mol. The van der Waals surface area contributed by atoms with Crippen molar-refractivity contribution < 1.29 is 4.39 Å². The summed E-state index contributed by atoms with van der Waals surface area (Å²) in [6, 6.07) is 5.38. The zero-order chi connectivity index (χ0) is 12.8. The second-order valence-electron chi connectivity index (χ2n) is 4.83. The minimum atomic E-state index is -0.157. The Balaban J connectivity index is 2.66. The molecule has 1 atom stereocenters. The number of halogens is 2. The number of nitrogens with one attached hydrogen (secondary N) is 1. The topological polar surface area (TPSA) is 12.0 Å². The first-order valence-electron chi connectivity index (χ1n) is 6.16. The second-order valence-corrected chi connectivity index (χ2v) is 5.99. The van der Waals surface area contributed by atoms with Gasteiger partial charge in [0.05, 0.1) is 0 Å².